The van der Waals surface area contributed by atoms with Crippen LogP contribution in [-0.2, 0) is 0 Å². The maximum atomic E-state index is 8.97. The largest absolute Gasteiger partial charge is 0.395 e. The third kappa shape index (κ3) is 1.40. The molecular formula is C13H9N5. The van der Waals surface area contributed by atoms with Crippen molar-refractivity contribution in [2.24, 2.45) is 0 Å². The molecule has 0 aliphatic carbocycles. The molecule has 86 valence electrons. The number of nitrogens with two attached hydrogens (primary N) is 1. The summed E-state index contributed by atoms with van der Waals surface area (Å²) in [6.07, 6.45) is 3.30. The van der Waals surface area contributed by atoms with Crippen molar-refractivity contribution in [1.82, 2.24) is 14.8 Å². The van der Waals surface area contributed by atoms with Crippen molar-refractivity contribution < 1.29 is 0 Å². The van der Waals surface area contributed by atoms with Gasteiger partial charge in [-0.15, -0.1) is 0 Å². The molecule has 0 saturated carbocycles. The molecule has 18 heavy (non-hydrogen) atoms. The molecule has 5 heteroatoms. The monoisotopic (exact) mass is 235 g/mol. The molecule has 0 spiro atoms. The number of pyridine rings is 1. The summed E-state index contributed by atoms with van der Waals surface area (Å²) in [5, 5.41) is 14.2. The van der Waals surface area contributed by atoms with Gasteiger partial charge >= 0.3 is 0 Å². The maximum absolute atomic E-state index is 8.97. The number of para-hydroxylation sites is 1. The first-order valence-corrected chi connectivity index (χ1v) is 5.39. The van der Waals surface area contributed by atoms with Crippen LogP contribution >= 0.6 is 0 Å². The van der Waals surface area contributed by atoms with Gasteiger partial charge in [-0.3, -0.25) is 0 Å². The minimum atomic E-state index is 0.342. The number of hydrogen-bond donors (Lipinski definition) is 1. The highest BCUT2D eigenvalue weighted by Crippen LogP contribution is 2.22. The Kier molecular flexibility index (Phi) is 2.21. The fraction of sp³-hybridized carbons (Fsp3) is 0. The molecule has 2 aromatic heterocycles. The first-order valence-electron chi connectivity index (χ1n) is 5.39. The second kappa shape index (κ2) is 3.86. The average molecular weight is 235 g/mol. The lowest BCUT2D eigenvalue weighted by molar-refractivity contribution is 0.877. The van der Waals surface area contributed by atoms with Crippen molar-refractivity contribution in [3.8, 4) is 11.9 Å². The molecule has 0 aliphatic rings. The Labute approximate surface area is 103 Å². The van der Waals surface area contributed by atoms with E-state index in [1.165, 1.54) is 0 Å². The Morgan fingerprint density at radius 3 is 2.89 bits per heavy atom. The highest BCUT2D eigenvalue weighted by molar-refractivity contribution is 5.81. The molecule has 0 fully saturated rings. The van der Waals surface area contributed by atoms with E-state index in [9.17, 15) is 0 Å². The molecule has 0 radical (unpaired) electrons. The number of anilines is 1. The van der Waals surface area contributed by atoms with Crippen molar-refractivity contribution in [2.45, 2.75) is 0 Å². The second-order valence-corrected chi connectivity index (χ2v) is 3.82. The van der Waals surface area contributed by atoms with Gasteiger partial charge in [-0.05, 0) is 12.1 Å². The van der Waals surface area contributed by atoms with E-state index in [1.807, 2.05) is 30.3 Å². The molecule has 0 atom stereocenters. The van der Waals surface area contributed by atoms with E-state index in [1.54, 1.807) is 23.1 Å². The summed E-state index contributed by atoms with van der Waals surface area (Å²) in [6, 6.07) is 11.4. The van der Waals surface area contributed by atoms with E-state index in [-0.39, 0.29) is 0 Å². The smallest absolute Gasteiger partial charge is 0.178 e. The van der Waals surface area contributed by atoms with Gasteiger partial charge in [-0.2, -0.15) is 10.4 Å². The van der Waals surface area contributed by atoms with Gasteiger partial charge in [0.15, 0.2) is 5.82 Å². The molecule has 3 aromatic rings. The van der Waals surface area contributed by atoms with Gasteiger partial charge in [0.25, 0.3) is 0 Å². The van der Waals surface area contributed by atoms with Crippen molar-refractivity contribution >= 4 is 16.6 Å². The molecule has 2 N–H and O–H groups in total. The Bertz CT molecular complexity index is 766. The summed E-state index contributed by atoms with van der Waals surface area (Å²) in [5.74, 6) is 0.482. The summed E-state index contributed by atoms with van der Waals surface area (Å²) in [5.41, 5.74) is 7.58. The third-order valence-corrected chi connectivity index (χ3v) is 2.77. The fourth-order valence-corrected chi connectivity index (χ4v) is 1.87. The van der Waals surface area contributed by atoms with Crippen LogP contribution in [0.3, 0.4) is 0 Å². The highest BCUT2D eigenvalue weighted by atomic mass is 15.3. The van der Waals surface area contributed by atoms with Crippen LogP contribution in [0.4, 0.5) is 5.69 Å². The minimum Gasteiger partial charge on any atom is -0.395 e. The lowest BCUT2D eigenvalue weighted by atomic mass is 10.2. The molecule has 0 unspecified atom stereocenters. The minimum absolute atomic E-state index is 0.342. The van der Waals surface area contributed by atoms with E-state index < -0.39 is 0 Å². The number of nitrogens with zero attached hydrogens (tertiary/aromatic N) is 4. The van der Waals surface area contributed by atoms with E-state index in [4.69, 9.17) is 11.0 Å². The zero-order valence-corrected chi connectivity index (χ0v) is 9.41. The summed E-state index contributed by atoms with van der Waals surface area (Å²) in [6.45, 7) is 0. The SMILES string of the molecule is N#Cc1ccnc(-n2ncc3ccccc32)c1N. The third-order valence-electron chi connectivity index (χ3n) is 2.77. The first-order chi connectivity index (χ1) is 8.81. The zero-order valence-electron chi connectivity index (χ0n) is 9.41. The number of aromatic nitrogens is 3. The van der Waals surface area contributed by atoms with Gasteiger partial charge in [-0.1, -0.05) is 18.2 Å². The van der Waals surface area contributed by atoms with Crippen LogP contribution in [0.2, 0.25) is 0 Å². The molecule has 1 aromatic carbocycles. The summed E-state index contributed by atoms with van der Waals surface area (Å²) >= 11 is 0. The molecule has 3 rings (SSSR count). The van der Waals surface area contributed by atoms with Gasteiger partial charge in [-0.25, -0.2) is 9.67 Å². The van der Waals surface area contributed by atoms with E-state index in [0.717, 1.165) is 10.9 Å². The average Bonchev–Trinajstić information content (AvgIpc) is 2.83. The molecule has 2 heterocycles. The molecular weight excluding hydrogens is 226 g/mol. The standard InChI is InChI=1S/C13H9N5/c14-7-9-5-6-16-13(12(9)15)18-11-4-2-1-3-10(11)8-17-18/h1-6,8H,15H2. The highest BCUT2D eigenvalue weighted by Gasteiger charge is 2.11. The van der Waals surface area contributed by atoms with Gasteiger partial charge in [0.2, 0.25) is 0 Å². The van der Waals surface area contributed by atoms with Crippen molar-refractivity contribution in [2.75, 3.05) is 5.73 Å². The number of benzene rings is 1. The normalized spacial score (nSPS) is 10.4. The van der Waals surface area contributed by atoms with Gasteiger partial charge in [0.05, 0.1) is 23.0 Å². The van der Waals surface area contributed by atoms with Crippen LogP contribution in [0.1, 0.15) is 5.56 Å². The maximum Gasteiger partial charge on any atom is 0.178 e. The van der Waals surface area contributed by atoms with Crippen LogP contribution in [0.15, 0.2) is 42.7 Å². The Hall–Kier alpha value is -2.87. The van der Waals surface area contributed by atoms with Crippen LogP contribution in [-0.4, -0.2) is 14.8 Å². The predicted molar refractivity (Wildman–Crippen MR) is 68.0 cm³/mol. The van der Waals surface area contributed by atoms with Crippen LogP contribution < -0.4 is 5.73 Å². The molecule has 0 bridgehead atoms. The van der Waals surface area contributed by atoms with E-state index >= 15 is 0 Å². The lowest BCUT2D eigenvalue weighted by Crippen LogP contribution is -2.05. The topological polar surface area (TPSA) is 80.5 Å². The molecule has 0 amide bonds. The number of fused-ring (bicyclic) bond motifs is 1. The number of rotatable bonds is 1. The Balaban J connectivity index is 2.31. The zero-order chi connectivity index (χ0) is 12.5. The van der Waals surface area contributed by atoms with E-state index in [2.05, 4.69) is 10.1 Å². The predicted octanol–water partition coefficient (Wildman–Crippen LogP) is 1.87. The van der Waals surface area contributed by atoms with Crippen molar-refractivity contribution in [3.63, 3.8) is 0 Å². The Morgan fingerprint density at radius 1 is 1.22 bits per heavy atom. The molecule has 5 nitrogen and oxygen atoms in total. The first kappa shape index (κ1) is 10.3. The molecule has 0 saturated heterocycles. The van der Waals surface area contributed by atoms with Crippen molar-refractivity contribution in [3.05, 3.63) is 48.3 Å². The fourth-order valence-electron chi connectivity index (χ4n) is 1.87. The number of hydrogen-bond acceptors (Lipinski definition) is 4. The Morgan fingerprint density at radius 2 is 2.06 bits per heavy atom. The summed E-state index contributed by atoms with van der Waals surface area (Å²) in [4.78, 5) is 4.20. The van der Waals surface area contributed by atoms with Crippen LogP contribution in [0.25, 0.3) is 16.7 Å². The molecule has 0 aliphatic heterocycles. The van der Waals surface area contributed by atoms with Crippen LogP contribution in [0, 0.1) is 11.3 Å². The number of nitrogen functional groups attached to an aromatic ring is 1. The second-order valence-electron chi connectivity index (χ2n) is 3.82. The van der Waals surface area contributed by atoms with E-state index in [0.29, 0.717) is 17.1 Å². The summed E-state index contributed by atoms with van der Waals surface area (Å²) in [7, 11) is 0. The van der Waals surface area contributed by atoms with Gasteiger partial charge in [0.1, 0.15) is 6.07 Å². The number of nitriles is 1. The van der Waals surface area contributed by atoms with Crippen molar-refractivity contribution in [1.29, 1.82) is 5.26 Å². The van der Waals surface area contributed by atoms with Gasteiger partial charge < -0.3 is 5.73 Å². The van der Waals surface area contributed by atoms with Gasteiger partial charge in [0, 0.05) is 11.6 Å². The lowest BCUT2D eigenvalue weighted by Gasteiger charge is -2.06. The quantitative estimate of drug-likeness (QED) is 0.698. The van der Waals surface area contributed by atoms with Crippen LogP contribution in [0.5, 0.6) is 0 Å². The summed E-state index contributed by atoms with van der Waals surface area (Å²) < 4.78 is 1.64.